The molecule has 2 N–H and O–H groups in total. The molecule has 0 heterocycles. The highest BCUT2D eigenvalue weighted by molar-refractivity contribution is 6.06. The van der Waals surface area contributed by atoms with Crippen LogP contribution in [0.5, 0.6) is 0 Å². The number of ether oxygens (including phenoxy) is 2. The lowest BCUT2D eigenvalue weighted by Crippen LogP contribution is -2.51. The number of carbonyl (C=O) groups is 4. The van der Waals surface area contributed by atoms with Gasteiger partial charge >= 0.3 is 12.1 Å². The first-order valence-electron chi connectivity index (χ1n) is 7.98. The van der Waals surface area contributed by atoms with E-state index in [1.165, 1.54) is 0 Å². The van der Waals surface area contributed by atoms with Crippen LogP contribution in [0.1, 0.15) is 48.0 Å². The van der Waals surface area contributed by atoms with Gasteiger partial charge in [-0.25, -0.2) is 9.59 Å². The van der Waals surface area contributed by atoms with E-state index in [9.17, 15) is 19.2 Å². The smallest absolute Gasteiger partial charge is 0.408 e. The van der Waals surface area contributed by atoms with Crippen LogP contribution >= 0.6 is 0 Å². The molecule has 0 aliphatic carbocycles. The fraction of sp³-hybridized carbons (Fsp3) is 0.750. The lowest BCUT2D eigenvalue weighted by Gasteiger charge is -2.21. The molecule has 2 atom stereocenters. The van der Waals surface area contributed by atoms with Gasteiger partial charge in [-0.1, -0.05) is 13.8 Å². The summed E-state index contributed by atoms with van der Waals surface area (Å²) in [6.45, 7) is 9.81. The normalized spacial score (nSPS) is 13.4. The number of hydrogen-bond acceptors (Lipinski definition) is 6. The number of amides is 2. The fourth-order valence-electron chi connectivity index (χ4n) is 1.64. The summed E-state index contributed by atoms with van der Waals surface area (Å²) in [6, 6.07) is -1.38. The Morgan fingerprint density at radius 3 is 2.12 bits per heavy atom. The summed E-state index contributed by atoms with van der Waals surface area (Å²) < 4.78 is 9.82. The number of rotatable bonds is 8. The molecule has 1 unspecified atom stereocenters. The average Bonchev–Trinajstić information content (AvgIpc) is 2.47. The van der Waals surface area contributed by atoms with Crippen LogP contribution < -0.4 is 10.6 Å². The zero-order valence-electron chi connectivity index (χ0n) is 15.2. The van der Waals surface area contributed by atoms with Crippen LogP contribution in [-0.2, 0) is 23.9 Å². The topological polar surface area (TPSA) is 111 Å². The molecular formula is C16H28N2O6. The van der Waals surface area contributed by atoms with E-state index in [0.717, 1.165) is 0 Å². The van der Waals surface area contributed by atoms with Crippen molar-refractivity contribution < 1.29 is 28.7 Å². The predicted molar refractivity (Wildman–Crippen MR) is 87.3 cm³/mol. The Morgan fingerprint density at radius 2 is 1.67 bits per heavy atom. The number of ketones is 1. The average molecular weight is 344 g/mol. The van der Waals surface area contributed by atoms with Gasteiger partial charge in [0.2, 0.25) is 5.91 Å². The highest BCUT2D eigenvalue weighted by atomic mass is 16.6. The van der Waals surface area contributed by atoms with Crippen LogP contribution in [-0.4, -0.2) is 48.5 Å². The van der Waals surface area contributed by atoms with Gasteiger partial charge < -0.3 is 20.1 Å². The van der Waals surface area contributed by atoms with Crippen molar-refractivity contribution in [2.45, 2.75) is 59.6 Å². The van der Waals surface area contributed by atoms with Gasteiger partial charge in [0, 0.05) is 5.92 Å². The molecule has 0 aliphatic rings. The van der Waals surface area contributed by atoms with Crippen molar-refractivity contribution in [1.29, 1.82) is 0 Å². The van der Waals surface area contributed by atoms with Crippen LogP contribution in [0, 0.1) is 5.92 Å². The van der Waals surface area contributed by atoms with Crippen LogP contribution in [0.15, 0.2) is 0 Å². The highest BCUT2D eigenvalue weighted by Crippen LogP contribution is 2.08. The van der Waals surface area contributed by atoms with E-state index in [0.29, 0.717) is 6.42 Å². The van der Waals surface area contributed by atoms with Crippen molar-refractivity contribution in [3.63, 3.8) is 0 Å². The third kappa shape index (κ3) is 8.50. The molecule has 0 rings (SSSR count). The first-order chi connectivity index (χ1) is 11.0. The van der Waals surface area contributed by atoms with Gasteiger partial charge in [-0.2, -0.15) is 0 Å². The van der Waals surface area contributed by atoms with E-state index < -0.39 is 47.9 Å². The molecule has 8 nitrogen and oxygen atoms in total. The molecule has 8 heteroatoms. The summed E-state index contributed by atoms with van der Waals surface area (Å²) in [5.41, 5.74) is -0.694. The van der Waals surface area contributed by atoms with Crippen molar-refractivity contribution in [1.82, 2.24) is 10.6 Å². The van der Waals surface area contributed by atoms with Crippen molar-refractivity contribution in [2.24, 2.45) is 5.92 Å². The summed E-state index contributed by atoms with van der Waals surface area (Å²) in [6.07, 6.45) is -0.237. The number of Topliss-reactive ketones (excluding diaryl/α,β-unsaturated/α-hetero) is 1. The second-order valence-electron chi connectivity index (χ2n) is 6.32. The van der Waals surface area contributed by atoms with Crippen molar-refractivity contribution >= 4 is 23.8 Å². The Bertz CT molecular complexity index is 470. The zero-order chi connectivity index (χ0) is 18.9. The molecule has 138 valence electrons. The largest absolute Gasteiger partial charge is 0.464 e. The molecule has 0 aromatic rings. The molecule has 0 aromatic heterocycles. The molecule has 2 amide bonds. The maximum Gasteiger partial charge on any atom is 0.408 e. The minimum atomic E-state index is -1.38. The standard InChI is InChI=1S/C16H28N2O6/c1-7-10(3)13(20)12(14(21)23-8-2)18-11(19)9-17-15(22)24-16(4,5)6/h10,12H,7-9H2,1-6H3,(H,17,22)(H,18,19)/t10-,12?/m0/s1. The van der Waals surface area contributed by atoms with Gasteiger partial charge in [-0.05, 0) is 34.1 Å². The van der Waals surface area contributed by atoms with Crippen molar-refractivity contribution in [3.8, 4) is 0 Å². The van der Waals surface area contributed by atoms with E-state index in [4.69, 9.17) is 9.47 Å². The van der Waals surface area contributed by atoms with Crippen LogP contribution in [0.4, 0.5) is 4.79 Å². The van der Waals surface area contributed by atoms with E-state index in [2.05, 4.69) is 10.6 Å². The van der Waals surface area contributed by atoms with Gasteiger partial charge in [0.25, 0.3) is 0 Å². The Balaban J connectivity index is 4.73. The summed E-state index contributed by atoms with van der Waals surface area (Å²) in [5, 5.41) is 4.56. The molecule has 0 saturated carbocycles. The molecule has 0 aliphatic heterocycles. The van der Waals surface area contributed by atoms with Crippen LogP contribution in [0.3, 0.4) is 0 Å². The van der Waals surface area contributed by atoms with E-state index in [-0.39, 0.29) is 6.61 Å². The summed E-state index contributed by atoms with van der Waals surface area (Å²) in [7, 11) is 0. The van der Waals surface area contributed by atoms with Gasteiger partial charge in [0.05, 0.1) is 6.61 Å². The molecule has 0 fully saturated rings. The third-order valence-electron chi connectivity index (χ3n) is 3.00. The molecule has 0 bridgehead atoms. The minimum absolute atomic E-state index is 0.0924. The Morgan fingerprint density at radius 1 is 1.08 bits per heavy atom. The molecule has 0 aromatic carbocycles. The third-order valence-corrected chi connectivity index (χ3v) is 3.00. The second-order valence-corrected chi connectivity index (χ2v) is 6.32. The molecule has 0 saturated heterocycles. The summed E-state index contributed by atoms with van der Waals surface area (Å²) in [4.78, 5) is 47.5. The summed E-state index contributed by atoms with van der Waals surface area (Å²) in [5.74, 6) is -2.33. The van der Waals surface area contributed by atoms with Gasteiger partial charge in [-0.3, -0.25) is 9.59 Å². The van der Waals surface area contributed by atoms with Crippen LogP contribution in [0.2, 0.25) is 0 Å². The predicted octanol–water partition coefficient (Wildman–Crippen LogP) is 1.17. The molecule has 24 heavy (non-hydrogen) atoms. The minimum Gasteiger partial charge on any atom is -0.464 e. The number of nitrogens with one attached hydrogen (secondary N) is 2. The fourth-order valence-corrected chi connectivity index (χ4v) is 1.64. The number of hydrogen-bond donors (Lipinski definition) is 2. The number of esters is 1. The van der Waals surface area contributed by atoms with Crippen LogP contribution in [0.25, 0.3) is 0 Å². The van der Waals surface area contributed by atoms with Gasteiger partial charge in [0.1, 0.15) is 12.1 Å². The van der Waals surface area contributed by atoms with E-state index in [1.807, 2.05) is 0 Å². The van der Waals surface area contributed by atoms with Crippen molar-refractivity contribution in [2.75, 3.05) is 13.2 Å². The quantitative estimate of drug-likeness (QED) is 0.505. The SMILES string of the molecule is CCOC(=O)C(NC(=O)CNC(=O)OC(C)(C)C)C(=O)[C@@H](C)CC. The first-order valence-corrected chi connectivity index (χ1v) is 7.98. The van der Waals surface area contributed by atoms with E-state index in [1.54, 1.807) is 41.5 Å². The number of carbonyl (C=O) groups excluding carboxylic acids is 4. The molecular weight excluding hydrogens is 316 g/mol. The monoisotopic (exact) mass is 344 g/mol. The maximum absolute atomic E-state index is 12.2. The second kappa shape index (κ2) is 9.89. The first kappa shape index (κ1) is 21.9. The van der Waals surface area contributed by atoms with E-state index >= 15 is 0 Å². The zero-order valence-corrected chi connectivity index (χ0v) is 15.2. The van der Waals surface area contributed by atoms with Crippen molar-refractivity contribution in [3.05, 3.63) is 0 Å². The van der Waals surface area contributed by atoms with Gasteiger partial charge in [-0.15, -0.1) is 0 Å². The Kier molecular flexibility index (Phi) is 9.02. The Labute approximate surface area is 142 Å². The number of alkyl carbamates (subject to hydrolysis) is 1. The Hall–Kier alpha value is -2.12. The molecule has 0 spiro atoms. The highest BCUT2D eigenvalue weighted by Gasteiger charge is 2.32. The lowest BCUT2D eigenvalue weighted by molar-refractivity contribution is -0.151. The van der Waals surface area contributed by atoms with Gasteiger partial charge in [0.15, 0.2) is 11.8 Å². The summed E-state index contributed by atoms with van der Waals surface area (Å²) >= 11 is 0. The molecule has 0 radical (unpaired) electrons. The maximum atomic E-state index is 12.2. The lowest BCUT2D eigenvalue weighted by atomic mass is 9.97.